The van der Waals surface area contributed by atoms with Crippen molar-refractivity contribution in [2.75, 3.05) is 20.1 Å². The number of benzene rings is 1. The zero-order valence-electron chi connectivity index (χ0n) is 14.0. The van der Waals surface area contributed by atoms with Crippen molar-refractivity contribution in [3.63, 3.8) is 0 Å². The number of aryl methyl sites for hydroxylation is 1. The van der Waals surface area contributed by atoms with Gasteiger partial charge in [0.1, 0.15) is 0 Å². The fourth-order valence-corrected chi connectivity index (χ4v) is 2.76. The van der Waals surface area contributed by atoms with Crippen LogP contribution in [0.15, 0.2) is 54.2 Å². The first kappa shape index (κ1) is 16.1. The molecule has 6 nitrogen and oxygen atoms in total. The van der Waals surface area contributed by atoms with Crippen LogP contribution < -0.4 is 10.6 Å². The van der Waals surface area contributed by atoms with Gasteiger partial charge in [-0.25, -0.2) is 4.98 Å². The Morgan fingerprint density at radius 1 is 1.25 bits per heavy atom. The van der Waals surface area contributed by atoms with E-state index in [1.807, 2.05) is 12.5 Å². The van der Waals surface area contributed by atoms with E-state index in [0.717, 1.165) is 38.4 Å². The minimum Gasteiger partial charge on any atom is -0.361 e. The second-order valence-electron chi connectivity index (χ2n) is 5.69. The van der Waals surface area contributed by atoms with E-state index < -0.39 is 0 Å². The van der Waals surface area contributed by atoms with Crippen LogP contribution >= 0.6 is 0 Å². The Morgan fingerprint density at radius 2 is 2.12 bits per heavy atom. The molecule has 0 fully saturated rings. The number of hydrogen-bond acceptors (Lipinski definition) is 2. The Hall–Kier alpha value is -2.76. The first-order valence-electron chi connectivity index (χ1n) is 8.32. The van der Waals surface area contributed by atoms with Crippen molar-refractivity contribution in [1.29, 1.82) is 0 Å². The molecule has 3 N–H and O–H groups in total. The number of H-pyrrole nitrogens is 1. The summed E-state index contributed by atoms with van der Waals surface area (Å²) in [5.74, 6) is 0.848. The molecule has 3 aromatic rings. The van der Waals surface area contributed by atoms with Crippen LogP contribution in [0.5, 0.6) is 0 Å². The molecule has 0 atom stereocenters. The van der Waals surface area contributed by atoms with Gasteiger partial charge < -0.3 is 20.2 Å². The molecule has 6 heteroatoms. The van der Waals surface area contributed by atoms with E-state index in [2.05, 4.69) is 60.6 Å². The van der Waals surface area contributed by atoms with Gasteiger partial charge in [-0.1, -0.05) is 18.2 Å². The molecular formula is C18H24N6. The normalized spacial score (nSPS) is 11.8. The number of imidazole rings is 1. The van der Waals surface area contributed by atoms with Crippen LogP contribution in [0.1, 0.15) is 12.0 Å². The minimum absolute atomic E-state index is 0.848. The number of aromatic amines is 1. The molecule has 0 aliphatic carbocycles. The molecule has 0 saturated heterocycles. The fourth-order valence-electron chi connectivity index (χ4n) is 2.76. The molecular weight excluding hydrogens is 300 g/mol. The van der Waals surface area contributed by atoms with Gasteiger partial charge in [0.05, 0.1) is 6.33 Å². The van der Waals surface area contributed by atoms with Gasteiger partial charge in [0.15, 0.2) is 5.96 Å². The quantitative estimate of drug-likeness (QED) is 0.354. The molecule has 24 heavy (non-hydrogen) atoms. The topological polar surface area (TPSA) is 70.0 Å². The predicted octanol–water partition coefficient (Wildman–Crippen LogP) is 2.16. The lowest BCUT2D eigenvalue weighted by Crippen LogP contribution is -2.38. The van der Waals surface area contributed by atoms with Crippen molar-refractivity contribution in [2.24, 2.45) is 4.99 Å². The summed E-state index contributed by atoms with van der Waals surface area (Å²) in [6.07, 6.45) is 9.70. The molecule has 0 radical (unpaired) electrons. The largest absolute Gasteiger partial charge is 0.361 e. The summed E-state index contributed by atoms with van der Waals surface area (Å²) in [5, 5.41) is 8.01. The molecule has 0 amide bonds. The summed E-state index contributed by atoms with van der Waals surface area (Å²) >= 11 is 0. The zero-order chi connectivity index (χ0) is 16.6. The lowest BCUT2D eigenvalue weighted by Gasteiger charge is -2.11. The first-order chi connectivity index (χ1) is 11.9. The lowest BCUT2D eigenvalue weighted by molar-refractivity contribution is 0.624. The van der Waals surface area contributed by atoms with Crippen LogP contribution in [-0.4, -0.2) is 40.6 Å². The third-order valence-electron chi connectivity index (χ3n) is 4.03. The van der Waals surface area contributed by atoms with Gasteiger partial charge in [-0.15, -0.1) is 0 Å². The van der Waals surface area contributed by atoms with Gasteiger partial charge in [0, 0.05) is 56.2 Å². The molecule has 0 unspecified atom stereocenters. The van der Waals surface area contributed by atoms with Gasteiger partial charge >= 0.3 is 0 Å². The van der Waals surface area contributed by atoms with E-state index in [4.69, 9.17) is 0 Å². The molecule has 0 aliphatic rings. The van der Waals surface area contributed by atoms with Crippen molar-refractivity contribution in [3.05, 3.63) is 54.7 Å². The Bertz CT molecular complexity index is 772. The lowest BCUT2D eigenvalue weighted by atomic mass is 10.1. The first-order valence-corrected chi connectivity index (χ1v) is 8.32. The molecule has 2 heterocycles. The Labute approximate surface area is 142 Å². The Balaban J connectivity index is 1.39. The summed E-state index contributed by atoms with van der Waals surface area (Å²) in [5.41, 5.74) is 2.52. The monoisotopic (exact) mass is 324 g/mol. The number of nitrogens with zero attached hydrogens (tertiary/aromatic N) is 3. The molecule has 0 aliphatic heterocycles. The molecule has 0 spiro atoms. The van der Waals surface area contributed by atoms with Crippen molar-refractivity contribution in [2.45, 2.75) is 19.4 Å². The number of rotatable bonds is 7. The van der Waals surface area contributed by atoms with Crippen molar-refractivity contribution < 1.29 is 0 Å². The van der Waals surface area contributed by atoms with E-state index in [-0.39, 0.29) is 0 Å². The summed E-state index contributed by atoms with van der Waals surface area (Å²) < 4.78 is 2.08. The maximum Gasteiger partial charge on any atom is 0.190 e. The van der Waals surface area contributed by atoms with Crippen molar-refractivity contribution in [3.8, 4) is 0 Å². The fraction of sp³-hybridized carbons (Fsp3) is 0.333. The minimum atomic E-state index is 0.848. The number of fused-ring (bicyclic) bond motifs is 1. The van der Waals surface area contributed by atoms with E-state index in [1.165, 1.54) is 16.5 Å². The highest BCUT2D eigenvalue weighted by atomic mass is 15.2. The van der Waals surface area contributed by atoms with Crippen LogP contribution in [0.2, 0.25) is 0 Å². The highest BCUT2D eigenvalue weighted by molar-refractivity contribution is 5.83. The number of hydrogen-bond donors (Lipinski definition) is 3. The third-order valence-corrected chi connectivity index (χ3v) is 4.03. The van der Waals surface area contributed by atoms with Gasteiger partial charge in [0.25, 0.3) is 0 Å². The van der Waals surface area contributed by atoms with E-state index in [0.29, 0.717) is 0 Å². The van der Waals surface area contributed by atoms with E-state index in [1.54, 1.807) is 13.2 Å². The number of aromatic nitrogens is 3. The third kappa shape index (κ3) is 4.16. The van der Waals surface area contributed by atoms with Gasteiger partial charge in [-0.05, 0) is 24.5 Å². The standard InChI is InChI=1S/C18H24N6/c1-19-18(21-8-4-11-24-12-10-20-14-24)22-9-7-15-13-23-17-6-3-2-5-16(15)17/h2-3,5-6,10,12-14,23H,4,7-9,11H2,1H3,(H2,19,21,22). The smallest absolute Gasteiger partial charge is 0.190 e. The number of para-hydroxylation sites is 1. The second kappa shape index (κ2) is 8.19. The summed E-state index contributed by atoms with van der Waals surface area (Å²) in [4.78, 5) is 11.6. The van der Waals surface area contributed by atoms with Crippen LogP contribution in [0.25, 0.3) is 10.9 Å². The van der Waals surface area contributed by atoms with E-state index in [9.17, 15) is 0 Å². The average Bonchev–Trinajstić information content (AvgIpc) is 3.27. The van der Waals surface area contributed by atoms with Crippen LogP contribution in [0.4, 0.5) is 0 Å². The number of aliphatic imine (C=N–C) groups is 1. The van der Waals surface area contributed by atoms with Crippen LogP contribution in [-0.2, 0) is 13.0 Å². The molecule has 0 saturated carbocycles. The molecule has 1 aromatic carbocycles. The Morgan fingerprint density at radius 3 is 2.96 bits per heavy atom. The summed E-state index contributed by atoms with van der Waals surface area (Å²) in [6, 6.07) is 8.39. The molecule has 2 aromatic heterocycles. The SMILES string of the molecule is CN=C(NCCCn1ccnc1)NCCc1c[nH]c2ccccc12. The molecule has 3 rings (SSSR count). The predicted molar refractivity (Wildman–Crippen MR) is 98.2 cm³/mol. The maximum absolute atomic E-state index is 4.27. The second-order valence-corrected chi connectivity index (χ2v) is 5.69. The summed E-state index contributed by atoms with van der Waals surface area (Å²) in [6.45, 7) is 2.69. The highest BCUT2D eigenvalue weighted by Gasteiger charge is 2.03. The summed E-state index contributed by atoms with van der Waals surface area (Å²) in [7, 11) is 1.80. The van der Waals surface area contributed by atoms with Gasteiger partial charge in [0.2, 0.25) is 0 Å². The molecule has 0 bridgehead atoms. The number of nitrogens with one attached hydrogen (secondary N) is 3. The van der Waals surface area contributed by atoms with Gasteiger partial charge in [-0.3, -0.25) is 4.99 Å². The van der Waals surface area contributed by atoms with E-state index >= 15 is 0 Å². The zero-order valence-corrected chi connectivity index (χ0v) is 14.0. The average molecular weight is 324 g/mol. The Kier molecular flexibility index (Phi) is 5.50. The van der Waals surface area contributed by atoms with Crippen LogP contribution in [0, 0.1) is 0 Å². The molecule has 126 valence electrons. The van der Waals surface area contributed by atoms with Gasteiger partial charge in [-0.2, -0.15) is 0 Å². The number of guanidine groups is 1. The van der Waals surface area contributed by atoms with Crippen LogP contribution in [0.3, 0.4) is 0 Å². The van der Waals surface area contributed by atoms with Crippen molar-refractivity contribution in [1.82, 2.24) is 25.2 Å². The maximum atomic E-state index is 4.27. The highest BCUT2D eigenvalue weighted by Crippen LogP contribution is 2.17. The van der Waals surface area contributed by atoms with Crippen molar-refractivity contribution >= 4 is 16.9 Å².